The molecule has 0 amide bonds. The molecule has 2 N–H and O–H groups in total. The van der Waals surface area contributed by atoms with Gasteiger partial charge in [0.05, 0.1) is 0 Å². The van der Waals surface area contributed by atoms with E-state index in [-0.39, 0.29) is 0 Å². The first-order valence-electron chi connectivity index (χ1n) is 10.4. The molecule has 2 aromatic heterocycles. The monoisotopic (exact) mass is 400 g/mol. The largest absolute Gasteiger partial charge is 0.356 e. The fraction of sp³-hybridized carbons (Fsp3) is 0.571. The van der Waals surface area contributed by atoms with Gasteiger partial charge in [0.2, 0.25) is 0 Å². The van der Waals surface area contributed by atoms with Crippen molar-refractivity contribution in [1.82, 2.24) is 25.4 Å². The van der Waals surface area contributed by atoms with E-state index in [4.69, 9.17) is 4.99 Å². The fourth-order valence-electron chi connectivity index (χ4n) is 3.41. The molecule has 0 unspecified atom stereocenters. The van der Waals surface area contributed by atoms with Crippen molar-refractivity contribution in [1.29, 1.82) is 0 Å². The van der Waals surface area contributed by atoms with Crippen molar-refractivity contribution in [2.24, 2.45) is 4.99 Å². The Morgan fingerprint density at radius 2 is 2.18 bits per heavy atom. The van der Waals surface area contributed by atoms with Crippen LogP contribution in [0.1, 0.15) is 49.7 Å². The number of nitrogens with one attached hydrogen (secondary N) is 2. The molecule has 0 saturated carbocycles. The van der Waals surface area contributed by atoms with E-state index in [1.54, 1.807) is 23.2 Å². The lowest BCUT2D eigenvalue weighted by Crippen LogP contribution is -2.39. The number of hydrogen-bond acceptors (Lipinski definition) is 4. The lowest BCUT2D eigenvalue weighted by molar-refractivity contribution is 0.628. The van der Waals surface area contributed by atoms with Gasteiger partial charge in [0.15, 0.2) is 5.96 Å². The molecule has 2 heterocycles. The van der Waals surface area contributed by atoms with Gasteiger partial charge in [-0.2, -0.15) is 0 Å². The SMILES string of the molecule is CCc1nncn1CCNC(=NCCc1cccs1)NCCC1=CCCCC1. The number of rotatable bonds is 10. The minimum Gasteiger partial charge on any atom is -0.356 e. The summed E-state index contributed by atoms with van der Waals surface area (Å²) < 4.78 is 2.10. The molecule has 2 aromatic rings. The molecule has 0 aliphatic heterocycles. The highest BCUT2D eigenvalue weighted by molar-refractivity contribution is 7.09. The molecule has 3 rings (SSSR count). The van der Waals surface area contributed by atoms with E-state index < -0.39 is 0 Å². The summed E-state index contributed by atoms with van der Waals surface area (Å²) in [5.74, 6) is 1.93. The van der Waals surface area contributed by atoms with Crippen LogP contribution < -0.4 is 10.6 Å². The van der Waals surface area contributed by atoms with Crippen LogP contribution in [0.4, 0.5) is 0 Å². The summed E-state index contributed by atoms with van der Waals surface area (Å²) in [7, 11) is 0. The highest BCUT2D eigenvalue weighted by atomic mass is 32.1. The van der Waals surface area contributed by atoms with Crippen molar-refractivity contribution < 1.29 is 0 Å². The number of hydrogen-bond donors (Lipinski definition) is 2. The molecule has 0 aromatic carbocycles. The molecular weight excluding hydrogens is 368 g/mol. The molecule has 7 heteroatoms. The molecule has 1 aliphatic carbocycles. The number of allylic oxidation sites excluding steroid dienone is 1. The van der Waals surface area contributed by atoms with Gasteiger partial charge >= 0.3 is 0 Å². The smallest absolute Gasteiger partial charge is 0.191 e. The third-order valence-corrected chi connectivity index (χ3v) is 5.93. The van der Waals surface area contributed by atoms with E-state index in [0.29, 0.717) is 0 Å². The van der Waals surface area contributed by atoms with E-state index in [2.05, 4.69) is 55.9 Å². The molecule has 0 radical (unpaired) electrons. The number of aliphatic imine (C=N–C) groups is 1. The summed E-state index contributed by atoms with van der Waals surface area (Å²) in [4.78, 5) is 6.17. The van der Waals surface area contributed by atoms with Crippen molar-refractivity contribution in [3.63, 3.8) is 0 Å². The number of aryl methyl sites for hydroxylation is 1. The number of aromatic nitrogens is 3. The summed E-state index contributed by atoms with van der Waals surface area (Å²) in [6.07, 6.45) is 12.4. The second-order valence-electron chi connectivity index (χ2n) is 7.07. The zero-order chi connectivity index (χ0) is 19.4. The maximum atomic E-state index is 4.78. The second kappa shape index (κ2) is 11.6. The van der Waals surface area contributed by atoms with Gasteiger partial charge in [-0.3, -0.25) is 4.99 Å². The van der Waals surface area contributed by atoms with Gasteiger partial charge in [-0.25, -0.2) is 0 Å². The predicted octanol–water partition coefficient (Wildman–Crippen LogP) is 3.57. The lowest BCUT2D eigenvalue weighted by Gasteiger charge is -2.16. The molecule has 0 bridgehead atoms. The first-order chi connectivity index (χ1) is 13.8. The van der Waals surface area contributed by atoms with Gasteiger partial charge in [0, 0.05) is 43.9 Å². The van der Waals surface area contributed by atoms with E-state index in [9.17, 15) is 0 Å². The Balaban J connectivity index is 1.48. The van der Waals surface area contributed by atoms with Crippen LogP contribution in [0.25, 0.3) is 0 Å². The van der Waals surface area contributed by atoms with Gasteiger partial charge in [0.25, 0.3) is 0 Å². The van der Waals surface area contributed by atoms with Crippen molar-refractivity contribution in [3.8, 4) is 0 Å². The topological polar surface area (TPSA) is 67.1 Å². The molecular formula is C21H32N6S. The maximum Gasteiger partial charge on any atom is 0.191 e. The number of thiophene rings is 1. The molecule has 0 saturated heterocycles. The van der Waals surface area contributed by atoms with Crippen molar-refractivity contribution >= 4 is 17.3 Å². The highest BCUT2D eigenvalue weighted by Gasteiger charge is 2.06. The standard InChI is InChI=1S/C21H32N6S/c1-2-20-26-25-17-27(20)15-14-24-21(23-13-11-19-9-6-16-28-19)22-12-10-18-7-4-3-5-8-18/h6-7,9,16-17H,2-5,8,10-15H2,1H3,(H2,22,23,24). The van der Waals surface area contributed by atoms with E-state index in [1.807, 2.05) is 0 Å². The number of nitrogens with zero attached hydrogens (tertiary/aromatic N) is 4. The van der Waals surface area contributed by atoms with Crippen LogP contribution in [0.3, 0.4) is 0 Å². The summed E-state index contributed by atoms with van der Waals surface area (Å²) in [5, 5.41) is 17.3. The molecule has 0 atom stereocenters. The Morgan fingerprint density at radius 1 is 1.25 bits per heavy atom. The minimum absolute atomic E-state index is 0.797. The molecule has 1 aliphatic rings. The van der Waals surface area contributed by atoms with E-state index >= 15 is 0 Å². The van der Waals surface area contributed by atoms with Gasteiger partial charge in [0.1, 0.15) is 12.2 Å². The minimum atomic E-state index is 0.797. The van der Waals surface area contributed by atoms with Gasteiger partial charge in [-0.1, -0.05) is 24.6 Å². The Morgan fingerprint density at radius 3 is 2.96 bits per heavy atom. The molecule has 152 valence electrons. The van der Waals surface area contributed by atoms with Crippen LogP contribution in [0, 0.1) is 0 Å². The number of guanidine groups is 1. The summed E-state index contributed by atoms with van der Waals surface area (Å²) >= 11 is 1.80. The summed E-state index contributed by atoms with van der Waals surface area (Å²) in [6, 6.07) is 4.28. The fourth-order valence-corrected chi connectivity index (χ4v) is 4.11. The molecule has 0 spiro atoms. The van der Waals surface area contributed by atoms with Crippen LogP contribution in [0.15, 0.2) is 40.5 Å². The zero-order valence-electron chi connectivity index (χ0n) is 16.9. The third-order valence-electron chi connectivity index (χ3n) is 4.99. The van der Waals surface area contributed by atoms with E-state index in [0.717, 1.165) is 57.2 Å². The predicted molar refractivity (Wildman–Crippen MR) is 117 cm³/mol. The quantitative estimate of drug-likeness (QED) is 0.363. The Bertz CT molecular complexity index is 747. The normalized spacial score (nSPS) is 14.8. The molecule has 28 heavy (non-hydrogen) atoms. The van der Waals surface area contributed by atoms with Gasteiger partial charge in [-0.15, -0.1) is 21.5 Å². The third kappa shape index (κ3) is 6.78. The second-order valence-corrected chi connectivity index (χ2v) is 8.10. The summed E-state index contributed by atoms with van der Waals surface area (Å²) in [6.45, 7) is 5.48. The molecule has 6 nitrogen and oxygen atoms in total. The van der Waals surface area contributed by atoms with Crippen molar-refractivity contribution in [2.75, 3.05) is 19.6 Å². The van der Waals surface area contributed by atoms with Crippen LogP contribution in [0.2, 0.25) is 0 Å². The van der Waals surface area contributed by atoms with Crippen molar-refractivity contribution in [3.05, 3.63) is 46.2 Å². The van der Waals surface area contributed by atoms with Crippen LogP contribution in [-0.2, 0) is 19.4 Å². The molecule has 0 fully saturated rings. The maximum absolute atomic E-state index is 4.78. The van der Waals surface area contributed by atoms with Crippen LogP contribution in [0.5, 0.6) is 0 Å². The Kier molecular flexibility index (Phi) is 8.55. The Hall–Kier alpha value is -2.15. The highest BCUT2D eigenvalue weighted by Crippen LogP contribution is 2.19. The first-order valence-corrected chi connectivity index (χ1v) is 11.3. The zero-order valence-corrected chi connectivity index (χ0v) is 17.7. The van der Waals surface area contributed by atoms with Gasteiger partial charge in [-0.05, 0) is 43.6 Å². The Labute approximate surface area is 172 Å². The first kappa shape index (κ1) is 20.6. The van der Waals surface area contributed by atoms with Crippen LogP contribution in [-0.4, -0.2) is 40.4 Å². The average Bonchev–Trinajstić information content (AvgIpc) is 3.40. The van der Waals surface area contributed by atoms with Crippen molar-refractivity contribution in [2.45, 2.75) is 58.4 Å². The van der Waals surface area contributed by atoms with Crippen LogP contribution >= 0.6 is 11.3 Å². The lowest BCUT2D eigenvalue weighted by atomic mass is 9.97. The van der Waals surface area contributed by atoms with Gasteiger partial charge < -0.3 is 15.2 Å². The average molecular weight is 401 g/mol. The van der Waals surface area contributed by atoms with E-state index in [1.165, 1.54) is 30.6 Å². The summed E-state index contributed by atoms with van der Waals surface area (Å²) in [5.41, 5.74) is 1.59.